The van der Waals surface area contributed by atoms with E-state index < -0.39 is 0 Å². The van der Waals surface area contributed by atoms with E-state index in [1.54, 1.807) is 0 Å². The first-order valence-corrected chi connectivity index (χ1v) is 8.40. The average Bonchev–Trinajstić information content (AvgIpc) is 2.42. The molecule has 118 valence electrons. The number of nitrogens with zero attached hydrogens (tertiary/aromatic N) is 1. The van der Waals surface area contributed by atoms with Crippen LogP contribution >= 0.6 is 0 Å². The van der Waals surface area contributed by atoms with Crippen molar-refractivity contribution < 1.29 is 4.74 Å². The fraction of sp³-hybridized carbons (Fsp3) is 0.889. The van der Waals surface area contributed by atoms with Crippen LogP contribution in [0.5, 0.6) is 0 Å². The van der Waals surface area contributed by atoms with E-state index in [9.17, 15) is 0 Å². The van der Waals surface area contributed by atoms with Crippen LogP contribution in [0.3, 0.4) is 0 Å². The highest BCUT2D eigenvalue weighted by Crippen LogP contribution is 2.28. The fourth-order valence-corrected chi connectivity index (χ4v) is 2.76. The quantitative estimate of drug-likeness (QED) is 0.497. The lowest BCUT2D eigenvalue weighted by atomic mass is 9.87. The Balaban J connectivity index is 2.67. The molecule has 1 heterocycles. The van der Waals surface area contributed by atoms with Gasteiger partial charge in [0.05, 0.1) is 13.2 Å². The molecule has 1 fully saturated rings. The van der Waals surface area contributed by atoms with Gasteiger partial charge in [0, 0.05) is 18.6 Å². The highest BCUT2D eigenvalue weighted by atomic mass is 16.5. The lowest BCUT2D eigenvalue weighted by Crippen LogP contribution is -2.50. The summed E-state index contributed by atoms with van der Waals surface area (Å²) in [7, 11) is 0. The van der Waals surface area contributed by atoms with Crippen molar-refractivity contribution in [3.8, 4) is 0 Å². The molecule has 0 aromatic carbocycles. The smallest absolute Gasteiger partial charge is 0.0594 e. The second-order valence-corrected chi connectivity index (χ2v) is 7.47. The zero-order valence-electron chi connectivity index (χ0n) is 14.4. The number of unbranched alkanes of at least 4 members (excludes halogenated alkanes) is 3. The number of allylic oxidation sites excluding steroid dienone is 1. The van der Waals surface area contributed by atoms with Gasteiger partial charge in [0.25, 0.3) is 0 Å². The molecule has 1 atom stereocenters. The van der Waals surface area contributed by atoms with E-state index in [0.29, 0.717) is 0 Å². The predicted molar refractivity (Wildman–Crippen MR) is 88.2 cm³/mol. The first-order chi connectivity index (χ1) is 9.37. The van der Waals surface area contributed by atoms with E-state index in [1.807, 2.05) is 0 Å². The van der Waals surface area contributed by atoms with Crippen LogP contribution in [0, 0.1) is 5.41 Å². The molecular formula is C18H35NO. The highest BCUT2D eigenvalue weighted by molar-refractivity contribution is 5.08. The van der Waals surface area contributed by atoms with Gasteiger partial charge in [-0.25, -0.2) is 0 Å². The molecular weight excluding hydrogens is 246 g/mol. The molecule has 0 radical (unpaired) electrons. The van der Waals surface area contributed by atoms with E-state index in [0.717, 1.165) is 26.3 Å². The molecule has 2 nitrogen and oxygen atoms in total. The Kier molecular flexibility index (Phi) is 7.25. The minimum absolute atomic E-state index is 0.199. The molecule has 0 aromatic rings. The lowest BCUT2D eigenvalue weighted by molar-refractivity contribution is -0.00385. The van der Waals surface area contributed by atoms with Gasteiger partial charge in [-0.05, 0) is 18.8 Å². The largest absolute Gasteiger partial charge is 0.379 e. The van der Waals surface area contributed by atoms with Crippen LogP contribution in [0.1, 0.15) is 66.7 Å². The molecule has 0 saturated carbocycles. The Morgan fingerprint density at radius 3 is 2.15 bits per heavy atom. The maximum Gasteiger partial charge on any atom is 0.0594 e. The SMILES string of the molecule is CCCCCCC(C)(/C=C/C(C)(C)C)N1CCOCC1. The summed E-state index contributed by atoms with van der Waals surface area (Å²) in [6.45, 7) is 15.4. The number of rotatable bonds is 7. The van der Waals surface area contributed by atoms with Crippen molar-refractivity contribution >= 4 is 0 Å². The van der Waals surface area contributed by atoms with E-state index in [4.69, 9.17) is 4.74 Å². The van der Waals surface area contributed by atoms with Crippen molar-refractivity contribution in [2.45, 2.75) is 72.3 Å². The summed E-state index contributed by atoms with van der Waals surface area (Å²) in [6, 6.07) is 0. The lowest BCUT2D eigenvalue weighted by Gasteiger charge is -2.42. The summed E-state index contributed by atoms with van der Waals surface area (Å²) < 4.78 is 5.52. The van der Waals surface area contributed by atoms with Gasteiger partial charge in [0.15, 0.2) is 0 Å². The molecule has 1 saturated heterocycles. The van der Waals surface area contributed by atoms with E-state index in [-0.39, 0.29) is 11.0 Å². The van der Waals surface area contributed by atoms with Gasteiger partial charge < -0.3 is 4.74 Å². The number of hydrogen-bond acceptors (Lipinski definition) is 2. The number of morpholine rings is 1. The molecule has 0 bridgehead atoms. The van der Waals surface area contributed by atoms with Crippen LogP contribution in [0.15, 0.2) is 12.2 Å². The van der Waals surface area contributed by atoms with Crippen LogP contribution in [-0.2, 0) is 4.74 Å². The fourth-order valence-electron chi connectivity index (χ4n) is 2.76. The van der Waals surface area contributed by atoms with Gasteiger partial charge in [-0.2, -0.15) is 0 Å². The minimum Gasteiger partial charge on any atom is -0.379 e. The maximum absolute atomic E-state index is 5.52. The first-order valence-electron chi connectivity index (χ1n) is 8.40. The van der Waals surface area contributed by atoms with Crippen molar-refractivity contribution in [1.82, 2.24) is 4.90 Å². The molecule has 0 N–H and O–H groups in total. The predicted octanol–water partition coefficient (Wildman–Crippen LogP) is 4.65. The van der Waals surface area contributed by atoms with Crippen molar-refractivity contribution in [2.24, 2.45) is 5.41 Å². The van der Waals surface area contributed by atoms with E-state index in [2.05, 4.69) is 51.7 Å². The summed E-state index contributed by atoms with van der Waals surface area (Å²) in [5.74, 6) is 0. The van der Waals surface area contributed by atoms with E-state index in [1.165, 1.54) is 32.1 Å². The Bertz CT molecular complexity index is 286. The minimum atomic E-state index is 0.199. The molecule has 0 spiro atoms. The summed E-state index contributed by atoms with van der Waals surface area (Å²) in [4.78, 5) is 2.62. The van der Waals surface area contributed by atoms with Crippen molar-refractivity contribution in [3.05, 3.63) is 12.2 Å². The number of ether oxygens (including phenoxy) is 1. The summed E-state index contributed by atoms with van der Waals surface area (Å²) in [6.07, 6.45) is 11.5. The average molecular weight is 281 g/mol. The Labute approximate surface area is 126 Å². The number of hydrogen-bond donors (Lipinski definition) is 0. The molecule has 1 rings (SSSR count). The molecule has 1 aliphatic heterocycles. The second kappa shape index (κ2) is 8.19. The Hall–Kier alpha value is -0.340. The molecule has 2 heteroatoms. The van der Waals surface area contributed by atoms with Crippen LogP contribution in [0.2, 0.25) is 0 Å². The van der Waals surface area contributed by atoms with Crippen molar-refractivity contribution in [2.75, 3.05) is 26.3 Å². The van der Waals surface area contributed by atoms with Gasteiger partial charge in [-0.1, -0.05) is 65.5 Å². The molecule has 20 heavy (non-hydrogen) atoms. The third kappa shape index (κ3) is 6.41. The van der Waals surface area contributed by atoms with Gasteiger partial charge in [-0.15, -0.1) is 0 Å². The summed E-state index contributed by atoms with van der Waals surface area (Å²) in [5.41, 5.74) is 0.460. The van der Waals surface area contributed by atoms with Crippen molar-refractivity contribution in [1.29, 1.82) is 0 Å². The first kappa shape index (κ1) is 17.7. The molecule has 1 unspecified atom stereocenters. The zero-order chi connectivity index (χ0) is 15.1. The van der Waals surface area contributed by atoms with Gasteiger partial charge >= 0.3 is 0 Å². The summed E-state index contributed by atoms with van der Waals surface area (Å²) in [5, 5.41) is 0. The third-order valence-corrected chi connectivity index (χ3v) is 4.21. The molecule has 0 amide bonds. The third-order valence-electron chi connectivity index (χ3n) is 4.21. The van der Waals surface area contributed by atoms with Crippen LogP contribution in [-0.4, -0.2) is 36.7 Å². The highest BCUT2D eigenvalue weighted by Gasteiger charge is 2.30. The molecule has 0 aromatic heterocycles. The Morgan fingerprint density at radius 2 is 1.60 bits per heavy atom. The van der Waals surface area contributed by atoms with Crippen LogP contribution in [0.4, 0.5) is 0 Å². The van der Waals surface area contributed by atoms with Crippen LogP contribution in [0.25, 0.3) is 0 Å². The van der Waals surface area contributed by atoms with Crippen LogP contribution < -0.4 is 0 Å². The maximum atomic E-state index is 5.52. The monoisotopic (exact) mass is 281 g/mol. The normalized spacial score (nSPS) is 21.2. The standard InChI is InChI=1S/C18H35NO/c1-6-7-8-9-10-18(5,12-11-17(2,3)4)19-13-15-20-16-14-19/h11-12H,6-10,13-16H2,1-5H3/b12-11+. The molecule has 1 aliphatic rings. The topological polar surface area (TPSA) is 12.5 Å². The van der Waals surface area contributed by atoms with Gasteiger partial charge in [-0.3, -0.25) is 4.90 Å². The Morgan fingerprint density at radius 1 is 0.950 bits per heavy atom. The van der Waals surface area contributed by atoms with Gasteiger partial charge in [0.2, 0.25) is 0 Å². The second-order valence-electron chi connectivity index (χ2n) is 7.47. The molecule has 0 aliphatic carbocycles. The summed E-state index contributed by atoms with van der Waals surface area (Å²) >= 11 is 0. The van der Waals surface area contributed by atoms with Gasteiger partial charge in [0.1, 0.15) is 0 Å². The zero-order valence-corrected chi connectivity index (χ0v) is 14.4. The van der Waals surface area contributed by atoms with Crippen molar-refractivity contribution in [3.63, 3.8) is 0 Å². The van der Waals surface area contributed by atoms with E-state index >= 15 is 0 Å².